The largest absolute Gasteiger partial charge is 0.493 e. The number of nitrogens with one attached hydrogen (secondary N) is 2. The van der Waals surface area contributed by atoms with Gasteiger partial charge in [0.1, 0.15) is 17.4 Å². The van der Waals surface area contributed by atoms with Crippen LogP contribution in [0.3, 0.4) is 0 Å². The maximum atomic E-state index is 12.5. The fourth-order valence-electron chi connectivity index (χ4n) is 3.69. The van der Waals surface area contributed by atoms with Gasteiger partial charge in [-0.2, -0.15) is 0 Å². The summed E-state index contributed by atoms with van der Waals surface area (Å²) in [6, 6.07) is 15.0. The van der Waals surface area contributed by atoms with Crippen LogP contribution in [-0.4, -0.2) is 35.9 Å². The van der Waals surface area contributed by atoms with Crippen LogP contribution in [0.2, 0.25) is 0 Å². The van der Waals surface area contributed by atoms with Crippen molar-refractivity contribution in [3.05, 3.63) is 75.6 Å². The number of pyridine rings is 1. The van der Waals surface area contributed by atoms with Crippen molar-refractivity contribution in [1.29, 1.82) is 0 Å². The fourth-order valence-corrected chi connectivity index (χ4v) is 3.69. The molecule has 0 spiro atoms. The van der Waals surface area contributed by atoms with Crippen LogP contribution in [0.5, 0.6) is 5.75 Å². The quantitative estimate of drug-likeness (QED) is 0.717. The third-order valence-corrected chi connectivity index (χ3v) is 5.24. The number of H-pyrrole nitrogens is 1. The monoisotopic (exact) mass is 389 g/mol. The van der Waals surface area contributed by atoms with E-state index >= 15 is 0 Å². The van der Waals surface area contributed by atoms with Crippen molar-refractivity contribution < 1.29 is 14.4 Å². The molecule has 7 heteroatoms. The van der Waals surface area contributed by atoms with Crippen molar-refractivity contribution in [2.24, 2.45) is 5.16 Å². The van der Waals surface area contributed by atoms with Crippen LogP contribution in [0, 0.1) is 0 Å². The molecule has 2 N–H and O–H groups in total. The molecular weight excluding hydrogens is 370 g/mol. The van der Waals surface area contributed by atoms with Gasteiger partial charge in [0.05, 0.1) is 18.9 Å². The van der Waals surface area contributed by atoms with Gasteiger partial charge >= 0.3 is 0 Å². The number of oxime groups is 1. The summed E-state index contributed by atoms with van der Waals surface area (Å²) in [6.07, 6.45) is 1.23. The molecule has 0 fully saturated rings. The Balaban J connectivity index is 1.23. The highest BCUT2D eigenvalue weighted by Gasteiger charge is 2.24. The first-order valence-electron chi connectivity index (χ1n) is 9.56. The Kier molecular flexibility index (Phi) is 4.27. The van der Waals surface area contributed by atoms with Crippen LogP contribution >= 0.6 is 0 Å². The summed E-state index contributed by atoms with van der Waals surface area (Å²) in [4.78, 5) is 32.9. The van der Waals surface area contributed by atoms with Crippen molar-refractivity contribution in [1.82, 2.24) is 10.3 Å². The van der Waals surface area contributed by atoms with Gasteiger partial charge in [-0.05, 0) is 46.8 Å². The van der Waals surface area contributed by atoms with Gasteiger partial charge in [-0.25, -0.2) is 0 Å². The average molecular weight is 389 g/mol. The third kappa shape index (κ3) is 3.35. The van der Waals surface area contributed by atoms with E-state index in [1.807, 2.05) is 30.3 Å². The molecule has 0 saturated heterocycles. The number of hydrogen-bond acceptors (Lipinski definition) is 5. The zero-order valence-electron chi connectivity index (χ0n) is 15.6. The van der Waals surface area contributed by atoms with Crippen LogP contribution in [0.25, 0.3) is 10.9 Å². The number of hydrogen-bond donors (Lipinski definition) is 2. The van der Waals surface area contributed by atoms with Crippen LogP contribution in [-0.2, 0) is 11.3 Å². The number of carbonyl (C=O) groups excluding carboxylic acids is 1. The van der Waals surface area contributed by atoms with Crippen molar-refractivity contribution in [2.45, 2.75) is 18.9 Å². The lowest BCUT2D eigenvalue weighted by Crippen LogP contribution is -2.35. The lowest BCUT2D eigenvalue weighted by Gasteiger charge is -2.10. The van der Waals surface area contributed by atoms with E-state index in [1.165, 1.54) is 5.56 Å². The fraction of sp³-hybridized carbons (Fsp3) is 0.227. The van der Waals surface area contributed by atoms with Crippen LogP contribution in [0.4, 0.5) is 0 Å². The molecule has 0 aliphatic carbocycles. The number of aromatic nitrogens is 1. The molecule has 146 valence electrons. The number of rotatable bonds is 4. The molecule has 1 unspecified atom stereocenters. The molecule has 2 aromatic carbocycles. The van der Waals surface area contributed by atoms with E-state index in [0.717, 1.165) is 28.8 Å². The van der Waals surface area contributed by atoms with E-state index in [9.17, 15) is 9.59 Å². The summed E-state index contributed by atoms with van der Waals surface area (Å²) in [6.45, 7) is 0.983. The predicted molar refractivity (Wildman–Crippen MR) is 109 cm³/mol. The smallest absolute Gasteiger partial charge is 0.261 e. The molecule has 0 saturated carbocycles. The number of ether oxygens (including phenoxy) is 1. The molecule has 5 rings (SSSR count). The number of para-hydroxylation sites is 1. The molecule has 1 aromatic heterocycles. The molecule has 2 aliphatic heterocycles. The minimum absolute atomic E-state index is 0.0847. The Bertz CT molecular complexity index is 1200. The number of amides is 1. The van der Waals surface area contributed by atoms with Crippen molar-refractivity contribution in [2.75, 3.05) is 13.2 Å². The third-order valence-electron chi connectivity index (χ3n) is 5.24. The summed E-state index contributed by atoms with van der Waals surface area (Å²) < 4.78 is 5.53. The number of aromatic amines is 1. The van der Waals surface area contributed by atoms with E-state index < -0.39 is 11.5 Å². The summed E-state index contributed by atoms with van der Waals surface area (Å²) >= 11 is 0. The Morgan fingerprint density at radius 1 is 1.21 bits per heavy atom. The zero-order valence-corrected chi connectivity index (χ0v) is 15.6. The molecule has 1 atom stereocenters. The standard InChI is InChI=1S/C22H19N3O4/c26-21(17-10-13-3-1-2-4-18(13)24-22(17)27)23-12-16-11-19(25-29-16)14-5-6-20-15(9-14)7-8-28-20/h1-6,9-10,16H,7-8,11-12H2,(H,23,26)(H,24,27). The van der Waals surface area contributed by atoms with Crippen molar-refractivity contribution in [3.63, 3.8) is 0 Å². The highest BCUT2D eigenvalue weighted by atomic mass is 16.6. The molecule has 0 bridgehead atoms. The van der Waals surface area contributed by atoms with Crippen LogP contribution < -0.4 is 15.6 Å². The normalized spacial score (nSPS) is 17.4. The van der Waals surface area contributed by atoms with Crippen LogP contribution in [0.15, 0.2) is 58.5 Å². The van der Waals surface area contributed by atoms with Gasteiger partial charge in [-0.15, -0.1) is 0 Å². The molecule has 3 heterocycles. The van der Waals surface area contributed by atoms with Crippen molar-refractivity contribution >= 4 is 22.5 Å². The molecule has 1 amide bonds. The molecule has 3 aromatic rings. The average Bonchev–Trinajstić information content (AvgIpc) is 3.40. The van der Waals surface area contributed by atoms with E-state index in [2.05, 4.69) is 21.5 Å². The summed E-state index contributed by atoms with van der Waals surface area (Å²) in [5.74, 6) is 0.501. The van der Waals surface area contributed by atoms with Gasteiger partial charge in [-0.1, -0.05) is 23.4 Å². The minimum Gasteiger partial charge on any atom is -0.493 e. The van der Waals surface area contributed by atoms with Crippen molar-refractivity contribution in [3.8, 4) is 5.75 Å². The SMILES string of the molecule is O=C(NCC1CC(c2ccc3c(c2)CCO3)=NO1)c1cc2ccccc2[nH]c1=O. The van der Waals surface area contributed by atoms with Gasteiger partial charge in [-0.3, -0.25) is 9.59 Å². The Morgan fingerprint density at radius 3 is 3.03 bits per heavy atom. The molecule has 7 nitrogen and oxygen atoms in total. The molecular formula is C22H19N3O4. The first-order chi connectivity index (χ1) is 14.2. The molecule has 29 heavy (non-hydrogen) atoms. The van der Waals surface area contributed by atoms with Crippen LogP contribution in [0.1, 0.15) is 27.9 Å². The highest BCUT2D eigenvalue weighted by molar-refractivity contribution is 6.02. The Morgan fingerprint density at radius 2 is 2.10 bits per heavy atom. The first kappa shape index (κ1) is 17.5. The van der Waals surface area contributed by atoms with E-state index in [4.69, 9.17) is 9.57 Å². The summed E-state index contributed by atoms with van der Waals surface area (Å²) in [5, 5.41) is 7.77. The number of nitrogens with zero attached hydrogens (tertiary/aromatic N) is 1. The minimum atomic E-state index is -0.427. The van der Waals surface area contributed by atoms with Gasteiger partial charge in [0, 0.05) is 18.4 Å². The second-order valence-electron chi connectivity index (χ2n) is 7.20. The molecule has 0 radical (unpaired) electrons. The molecule has 2 aliphatic rings. The topological polar surface area (TPSA) is 92.8 Å². The van der Waals surface area contributed by atoms with E-state index in [0.29, 0.717) is 18.5 Å². The van der Waals surface area contributed by atoms with Gasteiger partial charge in [0.2, 0.25) is 0 Å². The summed E-state index contributed by atoms with van der Waals surface area (Å²) in [5.41, 5.74) is 3.41. The number of fused-ring (bicyclic) bond motifs is 2. The second-order valence-corrected chi connectivity index (χ2v) is 7.20. The first-order valence-corrected chi connectivity index (χ1v) is 9.56. The number of benzene rings is 2. The lowest BCUT2D eigenvalue weighted by molar-refractivity contribution is 0.0753. The van der Waals surface area contributed by atoms with E-state index in [-0.39, 0.29) is 18.2 Å². The van der Waals surface area contributed by atoms with E-state index in [1.54, 1.807) is 12.1 Å². The second kappa shape index (κ2) is 7.09. The van der Waals surface area contributed by atoms with Gasteiger partial charge < -0.3 is 19.9 Å². The maximum absolute atomic E-state index is 12.5. The number of carbonyl (C=O) groups is 1. The Labute approximate surface area is 166 Å². The van der Waals surface area contributed by atoms with Gasteiger partial charge in [0.25, 0.3) is 11.5 Å². The predicted octanol–water partition coefficient (Wildman–Crippen LogP) is 2.39. The van der Waals surface area contributed by atoms with Gasteiger partial charge in [0.15, 0.2) is 0 Å². The maximum Gasteiger partial charge on any atom is 0.261 e. The Hall–Kier alpha value is -3.61. The lowest BCUT2D eigenvalue weighted by atomic mass is 10.0. The zero-order chi connectivity index (χ0) is 19.8. The highest BCUT2D eigenvalue weighted by Crippen LogP contribution is 2.27. The summed E-state index contributed by atoms with van der Waals surface area (Å²) in [7, 11) is 0.